The molecule has 292 valence electrons. The van der Waals surface area contributed by atoms with Gasteiger partial charge in [-0.1, -0.05) is 70.4 Å². The van der Waals surface area contributed by atoms with Gasteiger partial charge in [0.1, 0.15) is 5.78 Å². The quantitative estimate of drug-likeness (QED) is 0.182. The monoisotopic (exact) mass is 727 g/mol. The molecule has 1 aliphatic carbocycles. The van der Waals surface area contributed by atoms with Gasteiger partial charge < -0.3 is 30.1 Å². The van der Waals surface area contributed by atoms with Gasteiger partial charge in [-0.25, -0.2) is 0 Å². The minimum atomic E-state index is -1.05. The fourth-order valence-corrected chi connectivity index (χ4v) is 8.35. The maximum atomic E-state index is 14.3. The van der Waals surface area contributed by atoms with Crippen LogP contribution in [0.1, 0.15) is 104 Å². The Morgan fingerprint density at radius 2 is 1.56 bits per heavy atom. The molecule has 7 atom stereocenters. The van der Waals surface area contributed by atoms with E-state index in [0.29, 0.717) is 13.0 Å². The van der Waals surface area contributed by atoms with Crippen LogP contribution in [0.15, 0.2) is 30.3 Å². The Hall–Kier alpha value is -3.15. The van der Waals surface area contributed by atoms with Gasteiger partial charge in [-0.2, -0.15) is 0 Å². The predicted octanol–water partition coefficient (Wildman–Crippen LogP) is 5.31. The minimum Gasteiger partial charge on any atom is -0.481 e. The summed E-state index contributed by atoms with van der Waals surface area (Å²) in [6, 6.07) is 8.54. The second kappa shape index (κ2) is 19.8. The molecular formula is C41H65N3O8. The Labute approximate surface area is 311 Å². The number of likely N-dealkylation sites (N-methyl/N-ethyl adjacent to an activating group) is 1. The molecule has 0 bridgehead atoms. The molecule has 3 N–H and O–H groups in total. The third-order valence-electron chi connectivity index (χ3n) is 11.6. The normalized spacial score (nSPS) is 20.5. The van der Waals surface area contributed by atoms with Crippen molar-refractivity contribution in [2.24, 2.45) is 35.3 Å². The van der Waals surface area contributed by atoms with E-state index in [9.17, 15) is 29.1 Å². The largest absolute Gasteiger partial charge is 0.481 e. The van der Waals surface area contributed by atoms with Crippen LogP contribution in [0.25, 0.3) is 0 Å². The molecular weight excluding hydrogens is 662 g/mol. The van der Waals surface area contributed by atoms with Gasteiger partial charge in [0, 0.05) is 52.5 Å². The number of carbonyl (C=O) groups is 5. The smallest absolute Gasteiger partial charge is 0.307 e. The van der Waals surface area contributed by atoms with Crippen molar-refractivity contribution >= 4 is 29.4 Å². The van der Waals surface area contributed by atoms with Crippen LogP contribution < -0.4 is 5.73 Å². The Balaban J connectivity index is 1.80. The summed E-state index contributed by atoms with van der Waals surface area (Å²) in [4.78, 5) is 70.8. The van der Waals surface area contributed by atoms with Crippen LogP contribution in [0.3, 0.4) is 0 Å². The number of ether oxygens (including phenoxy) is 2. The van der Waals surface area contributed by atoms with Crippen LogP contribution >= 0.6 is 0 Å². The molecule has 0 spiro atoms. The highest BCUT2D eigenvalue weighted by molar-refractivity contribution is 5.92. The SMILES string of the molecule is CO[C@H]([C@@H](C)C(=O)C[C@@H](Cc1ccccc1)C(=O)O)[C@@H]1CCCN1C(=O)C[C@@H](OC)[C@H](C1CCCCC1)N(C)C(=O)[C@@H](CC(=O)C(C)(C)N)C(C)C. The van der Waals surface area contributed by atoms with Crippen LogP contribution in [-0.4, -0.2) is 102 Å². The van der Waals surface area contributed by atoms with Crippen LogP contribution in [-0.2, 0) is 39.9 Å². The van der Waals surface area contributed by atoms with E-state index in [1.54, 1.807) is 44.7 Å². The molecule has 3 rings (SSSR count). The number of hydrogen-bond acceptors (Lipinski definition) is 8. The van der Waals surface area contributed by atoms with Crippen LogP contribution in [0.2, 0.25) is 0 Å². The van der Waals surface area contributed by atoms with Gasteiger partial charge in [-0.3, -0.25) is 24.0 Å². The zero-order valence-corrected chi connectivity index (χ0v) is 32.8. The van der Waals surface area contributed by atoms with Crippen molar-refractivity contribution in [2.45, 2.75) is 135 Å². The molecule has 1 saturated heterocycles. The Bertz CT molecular complexity index is 1340. The number of ketones is 2. The first-order valence-corrected chi connectivity index (χ1v) is 19.2. The Morgan fingerprint density at radius 1 is 0.923 bits per heavy atom. The topological polar surface area (TPSA) is 157 Å². The van der Waals surface area contributed by atoms with Crippen LogP contribution in [0.5, 0.6) is 0 Å². The van der Waals surface area contributed by atoms with E-state index in [0.717, 1.165) is 44.1 Å². The summed E-state index contributed by atoms with van der Waals surface area (Å²) < 4.78 is 12.0. The molecule has 0 aromatic heterocycles. The number of Topliss-reactive ketones (excluding diaryl/α,β-unsaturated/α-hetero) is 2. The number of nitrogens with zero attached hydrogens (tertiary/aromatic N) is 2. The second-order valence-electron chi connectivity index (χ2n) is 16.2. The first kappa shape index (κ1) is 43.3. The summed E-state index contributed by atoms with van der Waals surface area (Å²) in [5.74, 6) is -3.70. The molecule has 1 heterocycles. The molecule has 1 aromatic carbocycles. The van der Waals surface area contributed by atoms with Crippen molar-refractivity contribution in [1.29, 1.82) is 0 Å². The van der Waals surface area contributed by atoms with Gasteiger partial charge in [0.15, 0.2) is 5.78 Å². The summed E-state index contributed by atoms with van der Waals surface area (Å²) in [6.45, 7) is 9.47. The number of carboxylic acid groups (broad SMARTS) is 1. The summed E-state index contributed by atoms with van der Waals surface area (Å²) in [7, 11) is 4.90. The molecule has 2 aliphatic rings. The van der Waals surface area contributed by atoms with Gasteiger partial charge >= 0.3 is 5.97 Å². The lowest BCUT2D eigenvalue weighted by atomic mass is 9.79. The first-order valence-electron chi connectivity index (χ1n) is 19.2. The zero-order chi connectivity index (χ0) is 38.7. The van der Waals surface area contributed by atoms with Crippen LogP contribution in [0.4, 0.5) is 0 Å². The average molecular weight is 728 g/mol. The number of carboxylic acids is 1. The fourth-order valence-electron chi connectivity index (χ4n) is 8.35. The molecule has 11 heteroatoms. The minimum absolute atomic E-state index is 0.0442. The number of nitrogens with two attached hydrogens (primary N) is 1. The van der Waals surface area contributed by atoms with E-state index in [-0.39, 0.29) is 73.0 Å². The maximum Gasteiger partial charge on any atom is 0.307 e. The Morgan fingerprint density at radius 3 is 2.10 bits per heavy atom. The summed E-state index contributed by atoms with van der Waals surface area (Å²) >= 11 is 0. The molecule has 1 saturated carbocycles. The zero-order valence-electron chi connectivity index (χ0n) is 32.8. The van der Waals surface area contributed by atoms with Gasteiger partial charge in [0.2, 0.25) is 11.8 Å². The highest BCUT2D eigenvalue weighted by atomic mass is 16.5. The molecule has 11 nitrogen and oxygen atoms in total. The van der Waals surface area contributed by atoms with E-state index < -0.39 is 41.5 Å². The summed E-state index contributed by atoms with van der Waals surface area (Å²) in [5, 5.41) is 9.94. The lowest BCUT2D eigenvalue weighted by Gasteiger charge is -2.43. The number of amides is 2. The van der Waals surface area contributed by atoms with Crippen molar-refractivity contribution < 1.29 is 38.6 Å². The fraction of sp³-hybridized carbons (Fsp3) is 0.732. The van der Waals surface area contributed by atoms with Crippen molar-refractivity contribution in [3.05, 3.63) is 35.9 Å². The summed E-state index contributed by atoms with van der Waals surface area (Å²) in [5.41, 5.74) is 5.92. The van der Waals surface area contributed by atoms with E-state index in [1.165, 1.54) is 7.11 Å². The highest BCUT2D eigenvalue weighted by Gasteiger charge is 2.44. The number of benzene rings is 1. The number of aliphatic carboxylic acids is 1. The predicted molar refractivity (Wildman–Crippen MR) is 200 cm³/mol. The molecule has 2 fully saturated rings. The number of methoxy groups -OCH3 is 2. The van der Waals surface area contributed by atoms with Crippen molar-refractivity contribution in [2.75, 3.05) is 27.8 Å². The number of hydrogen-bond donors (Lipinski definition) is 2. The van der Waals surface area contributed by atoms with Gasteiger partial charge in [0.05, 0.1) is 42.2 Å². The molecule has 1 aromatic rings. The number of carbonyl (C=O) groups excluding carboxylic acids is 4. The molecule has 1 aliphatic heterocycles. The van der Waals surface area contributed by atoms with Gasteiger partial charge in [-0.05, 0) is 63.4 Å². The van der Waals surface area contributed by atoms with E-state index >= 15 is 0 Å². The molecule has 2 amide bonds. The third-order valence-corrected chi connectivity index (χ3v) is 11.6. The van der Waals surface area contributed by atoms with Gasteiger partial charge in [0.25, 0.3) is 0 Å². The maximum absolute atomic E-state index is 14.3. The lowest BCUT2D eigenvalue weighted by molar-refractivity contribution is -0.150. The Kier molecular flexibility index (Phi) is 16.5. The number of likely N-dealkylation sites (tertiary alicyclic amines) is 1. The highest BCUT2D eigenvalue weighted by Crippen LogP contribution is 2.35. The van der Waals surface area contributed by atoms with E-state index in [1.807, 2.05) is 44.2 Å². The van der Waals surface area contributed by atoms with Crippen molar-refractivity contribution in [3.63, 3.8) is 0 Å². The van der Waals surface area contributed by atoms with Crippen molar-refractivity contribution in [3.8, 4) is 0 Å². The number of rotatable bonds is 20. The van der Waals surface area contributed by atoms with E-state index in [4.69, 9.17) is 15.2 Å². The summed E-state index contributed by atoms with van der Waals surface area (Å²) in [6.07, 6.45) is 5.41. The molecule has 0 radical (unpaired) electrons. The first-order chi connectivity index (χ1) is 24.5. The van der Waals surface area contributed by atoms with Crippen molar-refractivity contribution in [1.82, 2.24) is 9.80 Å². The molecule has 0 unspecified atom stereocenters. The standard InChI is InChI=1S/C41H65N3O8/c1-26(2)31(24-35(46)41(4,5)42)39(48)43(6)37(29-18-13-10-14-19-29)34(51-7)25-36(47)44-21-15-20-32(44)38(52-8)27(3)33(45)23-30(40(49)50)22-28-16-11-9-12-17-28/h9,11-12,16-17,26-27,29-32,34,37-38H,10,13-15,18-25,42H2,1-8H3,(H,49,50)/t27-,30+,31-,32-,34+,37-,38+/m0/s1. The third kappa shape index (κ3) is 11.4. The second-order valence-corrected chi connectivity index (χ2v) is 16.2. The average Bonchev–Trinajstić information content (AvgIpc) is 3.59. The van der Waals surface area contributed by atoms with Crippen LogP contribution in [0, 0.1) is 29.6 Å². The van der Waals surface area contributed by atoms with Gasteiger partial charge in [-0.15, -0.1) is 0 Å². The van der Waals surface area contributed by atoms with E-state index in [2.05, 4.69) is 0 Å². The lowest BCUT2D eigenvalue weighted by Crippen LogP contribution is -2.55. The molecule has 52 heavy (non-hydrogen) atoms.